The van der Waals surface area contributed by atoms with Crippen LogP contribution in [-0.4, -0.2) is 18.0 Å². The summed E-state index contributed by atoms with van der Waals surface area (Å²) in [4.78, 5) is 21.1. The first-order valence-electron chi connectivity index (χ1n) is 3.79. The third-order valence-corrected chi connectivity index (χ3v) is 2.56. The smallest absolute Gasteiger partial charge is 0.338 e. The lowest BCUT2D eigenvalue weighted by atomic mass is 10.2. The molecule has 0 saturated carbocycles. The number of halogens is 1. The summed E-state index contributed by atoms with van der Waals surface area (Å²) in [6, 6.07) is 2.41. The number of carbonyl (C=O) groups is 1. The average Bonchev–Trinajstić information content (AvgIpc) is 2.20. The van der Waals surface area contributed by atoms with Gasteiger partial charge in [0, 0.05) is 6.07 Å². The molecule has 0 aromatic heterocycles. The fourth-order valence-corrected chi connectivity index (χ4v) is 1.37. The van der Waals surface area contributed by atoms with Gasteiger partial charge in [0.05, 0.1) is 23.3 Å². The van der Waals surface area contributed by atoms with Crippen molar-refractivity contribution >= 4 is 33.3 Å². The van der Waals surface area contributed by atoms with E-state index in [-0.39, 0.29) is 21.4 Å². The maximum atomic E-state index is 11.1. The number of ether oxygens (including phenoxy) is 1. The van der Waals surface area contributed by atoms with Gasteiger partial charge in [-0.3, -0.25) is 10.1 Å². The number of esters is 1. The Bertz CT molecular complexity index is 433. The van der Waals surface area contributed by atoms with E-state index in [0.717, 1.165) is 6.07 Å². The zero-order chi connectivity index (χ0) is 11.6. The number of anilines is 1. The largest absolute Gasteiger partial charge is 0.465 e. The van der Waals surface area contributed by atoms with E-state index in [1.165, 1.54) is 13.2 Å². The van der Waals surface area contributed by atoms with Crippen molar-refractivity contribution in [3.8, 4) is 0 Å². The Morgan fingerprint density at radius 3 is 2.67 bits per heavy atom. The number of benzene rings is 1. The maximum absolute atomic E-state index is 11.1. The SMILES string of the molecule is COC(=O)c1cc(N)c(Br)c([N+](=O)[O-])c1. The molecule has 2 N–H and O–H groups in total. The van der Waals surface area contributed by atoms with Crippen LogP contribution in [-0.2, 0) is 4.74 Å². The first-order valence-corrected chi connectivity index (χ1v) is 4.58. The highest BCUT2D eigenvalue weighted by molar-refractivity contribution is 9.10. The van der Waals surface area contributed by atoms with Crippen LogP contribution in [0.2, 0.25) is 0 Å². The first kappa shape index (κ1) is 11.4. The summed E-state index contributed by atoms with van der Waals surface area (Å²) >= 11 is 2.97. The molecule has 0 unspecified atom stereocenters. The summed E-state index contributed by atoms with van der Waals surface area (Å²) in [5, 5.41) is 10.6. The minimum atomic E-state index is -0.669. The van der Waals surface area contributed by atoms with E-state index in [1.807, 2.05) is 0 Å². The number of nitrogens with two attached hydrogens (primary N) is 1. The quantitative estimate of drug-likeness (QED) is 0.383. The second kappa shape index (κ2) is 4.26. The molecule has 0 heterocycles. The third-order valence-electron chi connectivity index (χ3n) is 1.70. The number of carbonyl (C=O) groups excluding carboxylic acids is 1. The summed E-state index contributed by atoms with van der Waals surface area (Å²) in [6.45, 7) is 0. The number of nitro benzene ring substituents is 1. The molecule has 7 heteroatoms. The number of nitro groups is 1. The van der Waals surface area contributed by atoms with Crippen LogP contribution in [0.4, 0.5) is 11.4 Å². The van der Waals surface area contributed by atoms with Crippen LogP contribution in [0.3, 0.4) is 0 Å². The molecule has 0 spiro atoms. The van der Waals surface area contributed by atoms with Crippen molar-refractivity contribution in [3.63, 3.8) is 0 Å². The van der Waals surface area contributed by atoms with Gasteiger partial charge < -0.3 is 10.5 Å². The minimum Gasteiger partial charge on any atom is -0.465 e. The first-order chi connectivity index (χ1) is 6.97. The summed E-state index contributed by atoms with van der Waals surface area (Å²) in [7, 11) is 1.19. The lowest BCUT2D eigenvalue weighted by Gasteiger charge is -2.03. The fraction of sp³-hybridized carbons (Fsp3) is 0.125. The molecule has 15 heavy (non-hydrogen) atoms. The van der Waals surface area contributed by atoms with Gasteiger partial charge >= 0.3 is 5.97 Å². The van der Waals surface area contributed by atoms with Gasteiger partial charge in [-0.05, 0) is 22.0 Å². The summed E-state index contributed by atoms with van der Waals surface area (Å²) < 4.78 is 4.59. The second-order valence-electron chi connectivity index (χ2n) is 2.65. The van der Waals surface area contributed by atoms with Gasteiger partial charge in [0.2, 0.25) is 0 Å². The molecule has 6 nitrogen and oxygen atoms in total. The Morgan fingerprint density at radius 1 is 1.60 bits per heavy atom. The molecular formula is C8H7BrN2O4. The Kier molecular flexibility index (Phi) is 3.25. The van der Waals surface area contributed by atoms with Gasteiger partial charge in [-0.1, -0.05) is 0 Å². The molecule has 0 aliphatic heterocycles. The van der Waals surface area contributed by atoms with Crippen LogP contribution in [0.1, 0.15) is 10.4 Å². The van der Waals surface area contributed by atoms with E-state index in [2.05, 4.69) is 20.7 Å². The molecule has 1 aromatic rings. The second-order valence-corrected chi connectivity index (χ2v) is 3.44. The van der Waals surface area contributed by atoms with Crippen molar-refractivity contribution in [3.05, 3.63) is 32.3 Å². The molecule has 1 rings (SSSR count). The Labute approximate surface area is 93.3 Å². The molecule has 0 saturated heterocycles. The van der Waals surface area contributed by atoms with Crippen LogP contribution in [0, 0.1) is 10.1 Å². The molecule has 0 bridgehead atoms. The maximum Gasteiger partial charge on any atom is 0.338 e. The van der Waals surface area contributed by atoms with E-state index in [1.54, 1.807) is 0 Å². The zero-order valence-electron chi connectivity index (χ0n) is 7.69. The topological polar surface area (TPSA) is 95.5 Å². The van der Waals surface area contributed by atoms with Crippen LogP contribution < -0.4 is 5.73 Å². The lowest BCUT2D eigenvalue weighted by Crippen LogP contribution is -2.04. The normalized spacial score (nSPS) is 9.73. The van der Waals surface area contributed by atoms with Crippen molar-refractivity contribution in [1.29, 1.82) is 0 Å². The molecule has 0 atom stereocenters. The number of hydrogen-bond acceptors (Lipinski definition) is 5. The van der Waals surface area contributed by atoms with Crippen LogP contribution in [0.25, 0.3) is 0 Å². The lowest BCUT2D eigenvalue weighted by molar-refractivity contribution is -0.385. The molecular weight excluding hydrogens is 268 g/mol. The summed E-state index contributed by atoms with van der Waals surface area (Å²) in [6.07, 6.45) is 0. The van der Waals surface area contributed by atoms with Gasteiger partial charge in [0.25, 0.3) is 5.69 Å². The monoisotopic (exact) mass is 274 g/mol. The van der Waals surface area contributed by atoms with E-state index < -0.39 is 10.9 Å². The highest BCUT2D eigenvalue weighted by Crippen LogP contribution is 2.31. The number of hydrogen-bond donors (Lipinski definition) is 1. The van der Waals surface area contributed by atoms with E-state index in [0.29, 0.717) is 0 Å². The van der Waals surface area contributed by atoms with Crippen molar-refractivity contribution in [2.75, 3.05) is 12.8 Å². The third kappa shape index (κ3) is 2.24. The molecule has 0 aliphatic rings. The highest BCUT2D eigenvalue weighted by Gasteiger charge is 2.19. The van der Waals surface area contributed by atoms with Gasteiger partial charge in [-0.2, -0.15) is 0 Å². The van der Waals surface area contributed by atoms with E-state index in [9.17, 15) is 14.9 Å². The molecule has 80 valence electrons. The van der Waals surface area contributed by atoms with Crippen molar-refractivity contribution in [1.82, 2.24) is 0 Å². The number of nitrogens with zero attached hydrogens (tertiary/aromatic N) is 1. The Morgan fingerprint density at radius 2 is 2.20 bits per heavy atom. The number of nitrogen functional groups attached to an aromatic ring is 1. The Hall–Kier alpha value is -1.63. The van der Waals surface area contributed by atoms with Gasteiger partial charge in [0.15, 0.2) is 0 Å². The summed E-state index contributed by atoms with van der Waals surface area (Å²) in [5.74, 6) is -0.669. The van der Waals surface area contributed by atoms with Crippen molar-refractivity contribution in [2.45, 2.75) is 0 Å². The molecule has 1 aromatic carbocycles. The summed E-state index contributed by atoms with van der Waals surface area (Å²) in [5.41, 5.74) is 5.39. The molecule has 0 radical (unpaired) electrons. The number of rotatable bonds is 2. The molecule has 0 amide bonds. The fourth-order valence-electron chi connectivity index (χ4n) is 1.000. The van der Waals surface area contributed by atoms with Crippen LogP contribution in [0.15, 0.2) is 16.6 Å². The van der Waals surface area contributed by atoms with Crippen molar-refractivity contribution < 1.29 is 14.5 Å². The van der Waals surface area contributed by atoms with E-state index >= 15 is 0 Å². The van der Waals surface area contributed by atoms with Gasteiger partial charge in [0.1, 0.15) is 4.47 Å². The standard InChI is InChI=1S/C8H7BrN2O4/c1-15-8(12)4-2-5(10)7(9)6(3-4)11(13)14/h2-3H,10H2,1H3. The van der Waals surface area contributed by atoms with Gasteiger partial charge in [-0.25, -0.2) is 4.79 Å². The molecule has 0 aliphatic carbocycles. The van der Waals surface area contributed by atoms with Crippen molar-refractivity contribution in [2.24, 2.45) is 0 Å². The van der Waals surface area contributed by atoms with E-state index in [4.69, 9.17) is 5.73 Å². The Balaban J connectivity index is 3.35. The molecule has 0 fully saturated rings. The predicted molar refractivity (Wildman–Crippen MR) is 56.5 cm³/mol. The van der Waals surface area contributed by atoms with Crippen LogP contribution in [0.5, 0.6) is 0 Å². The number of methoxy groups -OCH3 is 1. The average molecular weight is 275 g/mol. The predicted octanol–water partition coefficient (Wildman–Crippen LogP) is 1.73. The van der Waals surface area contributed by atoms with Gasteiger partial charge in [-0.15, -0.1) is 0 Å². The highest BCUT2D eigenvalue weighted by atomic mass is 79.9. The zero-order valence-corrected chi connectivity index (χ0v) is 9.28. The minimum absolute atomic E-state index is 0.0462. The van der Waals surface area contributed by atoms with Crippen LogP contribution >= 0.6 is 15.9 Å².